The van der Waals surface area contributed by atoms with E-state index in [0.29, 0.717) is 6.04 Å². The number of hydrogen-bond acceptors (Lipinski definition) is 6. The summed E-state index contributed by atoms with van der Waals surface area (Å²) in [6, 6.07) is 0.572. The number of rotatable bonds is 5. The van der Waals surface area contributed by atoms with Gasteiger partial charge in [-0.1, -0.05) is 0 Å². The smallest absolute Gasteiger partial charge is 0.109 e. The van der Waals surface area contributed by atoms with E-state index < -0.39 is 12.2 Å². The second-order valence-electron chi connectivity index (χ2n) is 7.11. The summed E-state index contributed by atoms with van der Waals surface area (Å²) in [5.41, 5.74) is 0. The van der Waals surface area contributed by atoms with Crippen LogP contribution < -0.4 is 5.32 Å². The van der Waals surface area contributed by atoms with Gasteiger partial charge in [-0.3, -0.25) is 4.90 Å². The van der Waals surface area contributed by atoms with Crippen molar-refractivity contribution in [2.45, 2.75) is 56.1 Å². The summed E-state index contributed by atoms with van der Waals surface area (Å²) in [5, 5.41) is 23.6. The molecule has 0 aromatic rings. The lowest BCUT2D eigenvalue weighted by Crippen LogP contribution is -2.51. The van der Waals surface area contributed by atoms with Crippen LogP contribution in [0, 0.1) is 0 Å². The first-order chi connectivity index (χ1) is 10.7. The van der Waals surface area contributed by atoms with Gasteiger partial charge in [-0.25, -0.2) is 0 Å². The van der Waals surface area contributed by atoms with Gasteiger partial charge in [0.05, 0.1) is 18.8 Å². The Balaban J connectivity index is 1.55. The summed E-state index contributed by atoms with van der Waals surface area (Å²) in [4.78, 5) is 4.71. The largest absolute Gasteiger partial charge is 0.394 e. The lowest BCUT2D eigenvalue weighted by Gasteiger charge is -2.33. The van der Waals surface area contributed by atoms with Gasteiger partial charge < -0.3 is 25.2 Å². The first kappa shape index (κ1) is 16.6. The second kappa shape index (κ2) is 7.55. The number of aliphatic hydroxyl groups excluding tert-OH is 2. The van der Waals surface area contributed by atoms with E-state index in [1.807, 2.05) is 0 Å². The van der Waals surface area contributed by atoms with Gasteiger partial charge in [0.25, 0.3) is 0 Å². The minimum atomic E-state index is -0.576. The van der Waals surface area contributed by atoms with Crippen LogP contribution in [-0.2, 0) is 4.74 Å². The van der Waals surface area contributed by atoms with E-state index in [2.05, 4.69) is 22.2 Å². The van der Waals surface area contributed by atoms with Crippen LogP contribution >= 0.6 is 0 Å². The van der Waals surface area contributed by atoms with Gasteiger partial charge in [-0.15, -0.1) is 0 Å². The van der Waals surface area contributed by atoms with Gasteiger partial charge in [0, 0.05) is 12.6 Å². The predicted octanol–water partition coefficient (Wildman–Crippen LogP) is -0.745. The van der Waals surface area contributed by atoms with Crippen molar-refractivity contribution < 1.29 is 14.9 Å². The van der Waals surface area contributed by atoms with Crippen LogP contribution in [0.5, 0.6) is 0 Å². The number of nitrogens with one attached hydrogen (secondary N) is 1. The molecule has 3 aliphatic heterocycles. The van der Waals surface area contributed by atoms with E-state index in [1.165, 1.54) is 25.7 Å². The molecule has 0 spiro atoms. The summed E-state index contributed by atoms with van der Waals surface area (Å²) in [5.74, 6) is 0. The minimum absolute atomic E-state index is 0.0232. The van der Waals surface area contributed by atoms with Crippen LogP contribution in [0.4, 0.5) is 0 Å². The minimum Gasteiger partial charge on any atom is -0.394 e. The lowest BCUT2D eigenvalue weighted by atomic mass is 10.0. The standard InChI is InChI=1S/C16H31N3O3/c1-18-8-4-12(5-9-18)17-10-13-15(19-6-2-3-7-19)16(21)14(11-20)22-13/h12-17,20-21H,2-11H2,1H3. The van der Waals surface area contributed by atoms with E-state index in [-0.39, 0.29) is 18.8 Å². The summed E-state index contributed by atoms with van der Waals surface area (Å²) in [7, 11) is 2.17. The molecular weight excluding hydrogens is 282 g/mol. The number of ether oxygens (including phenoxy) is 1. The average molecular weight is 313 g/mol. The highest BCUT2D eigenvalue weighted by Gasteiger charge is 2.46. The number of nitrogens with zero attached hydrogens (tertiary/aromatic N) is 2. The molecule has 3 heterocycles. The van der Waals surface area contributed by atoms with Gasteiger partial charge >= 0.3 is 0 Å². The molecule has 6 heteroatoms. The SMILES string of the molecule is CN1CCC(NCC2OC(CO)C(O)C2N2CCCC2)CC1. The van der Waals surface area contributed by atoms with E-state index in [9.17, 15) is 10.2 Å². The highest BCUT2D eigenvalue weighted by molar-refractivity contribution is 4.99. The van der Waals surface area contributed by atoms with Gasteiger partial charge in [-0.05, 0) is 58.9 Å². The van der Waals surface area contributed by atoms with Crippen LogP contribution in [-0.4, -0.2) is 96.8 Å². The van der Waals surface area contributed by atoms with Gasteiger partial charge in [0.2, 0.25) is 0 Å². The van der Waals surface area contributed by atoms with Crippen molar-refractivity contribution >= 4 is 0 Å². The molecule has 0 aliphatic carbocycles. The van der Waals surface area contributed by atoms with E-state index in [1.54, 1.807) is 0 Å². The molecule has 3 fully saturated rings. The molecule has 4 unspecified atom stereocenters. The van der Waals surface area contributed by atoms with Crippen molar-refractivity contribution in [2.75, 3.05) is 46.4 Å². The lowest BCUT2D eigenvalue weighted by molar-refractivity contribution is -0.0221. The number of piperidine rings is 1. The molecule has 0 bridgehead atoms. The van der Waals surface area contributed by atoms with E-state index in [0.717, 1.165) is 32.7 Å². The molecule has 4 atom stereocenters. The Bertz CT molecular complexity index is 344. The first-order valence-electron chi connectivity index (χ1n) is 8.79. The quantitative estimate of drug-likeness (QED) is 0.621. The summed E-state index contributed by atoms with van der Waals surface area (Å²) in [6.45, 7) is 5.02. The van der Waals surface area contributed by atoms with Crippen molar-refractivity contribution in [3.05, 3.63) is 0 Å². The molecule has 22 heavy (non-hydrogen) atoms. The van der Waals surface area contributed by atoms with Crippen molar-refractivity contribution in [3.63, 3.8) is 0 Å². The Labute approximate surface area is 133 Å². The molecule has 128 valence electrons. The Morgan fingerprint density at radius 2 is 1.77 bits per heavy atom. The van der Waals surface area contributed by atoms with E-state index >= 15 is 0 Å². The normalized spacial score (nSPS) is 38.9. The summed E-state index contributed by atoms with van der Waals surface area (Å²) >= 11 is 0. The third-order valence-corrected chi connectivity index (χ3v) is 5.53. The fourth-order valence-corrected chi connectivity index (χ4v) is 4.13. The fraction of sp³-hybridized carbons (Fsp3) is 1.00. The zero-order valence-electron chi connectivity index (χ0n) is 13.7. The van der Waals surface area contributed by atoms with Crippen molar-refractivity contribution in [2.24, 2.45) is 0 Å². The fourth-order valence-electron chi connectivity index (χ4n) is 4.13. The maximum absolute atomic E-state index is 10.5. The van der Waals surface area contributed by atoms with Crippen molar-refractivity contribution in [1.82, 2.24) is 15.1 Å². The van der Waals surface area contributed by atoms with Crippen LogP contribution in [0.2, 0.25) is 0 Å². The molecule has 0 aromatic carbocycles. The van der Waals surface area contributed by atoms with Gasteiger partial charge in [0.1, 0.15) is 12.2 Å². The van der Waals surface area contributed by atoms with Gasteiger partial charge in [0.15, 0.2) is 0 Å². The topological polar surface area (TPSA) is 68.2 Å². The average Bonchev–Trinajstić information content (AvgIpc) is 3.14. The van der Waals surface area contributed by atoms with Crippen LogP contribution in [0.25, 0.3) is 0 Å². The number of hydrogen-bond donors (Lipinski definition) is 3. The van der Waals surface area contributed by atoms with Crippen LogP contribution in [0.3, 0.4) is 0 Å². The van der Waals surface area contributed by atoms with E-state index in [4.69, 9.17) is 4.74 Å². The van der Waals surface area contributed by atoms with Crippen molar-refractivity contribution in [3.8, 4) is 0 Å². The van der Waals surface area contributed by atoms with Gasteiger partial charge in [-0.2, -0.15) is 0 Å². The molecule has 3 saturated heterocycles. The third kappa shape index (κ3) is 3.63. The predicted molar refractivity (Wildman–Crippen MR) is 84.9 cm³/mol. The zero-order chi connectivity index (χ0) is 15.5. The maximum atomic E-state index is 10.5. The van der Waals surface area contributed by atoms with Crippen LogP contribution in [0.1, 0.15) is 25.7 Å². The molecule has 0 aromatic heterocycles. The highest BCUT2D eigenvalue weighted by atomic mass is 16.5. The molecular formula is C16H31N3O3. The highest BCUT2D eigenvalue weighted by Crippen LogP contribution is 2.28. The van der Waals surface area contributed by atoms with Crippen LogP contribution in [0.15, 0.2) is 0 Å². The number of likely N-dealkylation sites (tertiary alicyclic amines) is 2. The first-order valence-corrected chi connectivity index (χ1v) is 8.79. The maximum Gasteiger partial charge on any atom is 0.109 e. The second-order valence-corrected chi connectivity index (χ2v) is 7.11. The Morgan fingerprint density at radius 3 is 2.41 bits per heavy atom. The molecule has 3 N–H and O–H groups in total. The third-order valence-electron chi connectivity index (χ3n) is 5.53. The molecule has 3 aliphatic rings. The summed E-state index contributed by atoms with van der Waals surface area (Å²) < 4.78 is 5.95. The summed E-state index contributed by atoms with van der Waals surface area (Å²) in [6.07, 6.45) is 3.70. The zero-order valence-corrected chi connectivity index (χ0v) is 13.7. The Morgan fingerprint density at radius 1 is 1.09 bits per heavy atom. The Hall–Kier alpha value is -0.240. The molecule has 6 nitrogen and oxygen atoms in total. The molecule has 3 rings (SSSR count). The molecule has 0 saturated carbocycles. The Kier molecular flexibility index (Phi) is 5.70. The van der Waals surface area contributed by atoms with Crippen molar-refractivity contribution in [1.29, 1.82) is 0 Å². The molecule has 0 radical (unpaired) electrons. The number of aliphatic hydroxyl groups is 2. The molecule has 0 amide bonds. The monoisotopic (exact) mass is 313 g/mol.